The number of rotatable bonds is 9. The fraction of sp³-hybridized carbons (Fsp3) is 0.250. The molecule has 9 nitrogen and oxygen atoms in total. The summed E-state index contributed by atoms with van der Waals surface area (Å²) in [5.74, 6) is -0.112. The van der Waals surface area contributed by atoms with E-state index in [-0.39, 0.29) is 10.8 Å². The molecule has 0 fully saturated rings. The Morgan fingerprint density at radius 1 is 1.10 bits per heavy atom. The lowest BCUT2D eigenvalue weighted by atomic mass is 10.2. The molecule has 2 amide bonds. The molecule has 2 N–H and O–H groups in total. The van der Waals surface area contributed by atoms with Gasteiger partial charge in [0, 0.05) is 19.7 Å². The maximum atomic E-state index is 12.6. The zero-order valence-electron chi connectivity index (χ0n) is 17.0. The maximum Gasteiger partial charge on any atom is 0.255 e. The van der Waals surface area contributed by atoms with Gasteiger partial charge in [-0.05, 0) is 61.0 Å². The molecule has 0 unspecified atom stereocenters. The van der Waals surface area contributed by atoms with Crippen LogP contribution in [0.1, 0.15) is 19.4 Å². The average molecular weight is 433 g/mol. The van der Waals surface area contributed by atoms with Crippen LogP contribution in [0, 0.1) is 0 Å². The van der Waals surface area contributed by atoms with Crippen molar-refractivity contribution in [3.05, 3.63) is 54.1 Å². The van der Waals surface area contributed by atoms with E-state index in [1.165, 1.54) is 44.5 Å². The highest BCUT2D eigenvalue weighted by Crippen LogP contribution is 2.17. The Bertz CT molecular complexity index is 1000. The lowest BCUT2D eigenvalue weighted by Gasteiger charge is -2.16. The Kier molecular flexibility index (Phi) is 8.07. The van der Waals surface area contributed by atoms with Gasteiger partial charge in [0.25, 0.3) is 5.91 Å². The van der Waals surface area contributed by atoms with Gasteiger partial charge in [0.1, 0.15) is 5.75 Å². The molecule has 0 aromatic heterocycles. The van der Waals surface area contributed by atoms with Gasteiger partial charge in [0.15, 0.2) is 0 Å². The highest BCUT2D eigenvalue weighted by atomic mass is 32.2. The molecule has 0 atom stereocenters. The van der Waals surface area contributed by atoms with E-state index in [9.17, 15) is 18.0 Å². The number of carbonyl (C=O) groups excluding carboxylic acids is 2. The van der Waals surface area contributed by atoms with E-state index in [2.05, 4.69) is 15.8 Å². The second-order valence-electron chi connectivity index (χ2n) is 6.26. The highest BCUT2D eigenvalue weighted by molar-refractivity contribution is 7.89. The molecule has 2 aromatic rings. The van der Waals surface area contributed by atoms with Gasteiger partial charge in [-0.1, -0.05) is 0 Å². The second kappa shape index (κ2) is 10.5. The molecule has 0 heterocycles. The van der Waals surface area contributed by atoms with E-state index in [1.54, 1.807) is 24.3 Å². The molecule has 0 radical (unpaired) electrons. The molecular weight excluding hydrogens is 408 g/mol. The fourth-order valence-electron chi connectivity index (χ4n) is 2.41. The molecule has 0 aliphatic heterocycles. The summed E-state index contributed by atoms with van der Waals surface area (Å²) >= 11 is 0. The number of ether oxygens (including phenoxy) is 1. The Labute approximate surface area is 175 Å². The summed E-state index contributed by atoms with van der Waals surface area (Å²) in [6.45, 7) is 3.41. The minimum atomic E-state index is -3.87. The van der Waals surface area contributed by atoms with Gasteiger partial charge in [0.2, 0.25) is 15.9 Å². The van der Waals surface area contributed by atoms with Gasteiger partial charge < -0.3 is 10.1 Å². The molecule has 30 heavy (non-hydrogen) atoms. The smallest absolute Gasteiger partial charge is 0.255 e. The zero-order valence-corrected chi connectivity index (χ0v) is 17.8. The minimum Gasteiger partial charge on any atom is -0.494 e. The number of hydrogen-bond donors (Lipinski definition) is 2. The summed E-state index contributed by atoms with van der Waals surface area (Å²) in [7, 11) is -2.57. The highest BCUT2D eigenvalue weighted by Gasteiger charge is 2.22. The zero-order chi connectivity index (χ0) is 22.1. The third-order valence-electron chi connectivity index (χ3n) is 3.84. The first-order valence-electron chi connectivity index (χ1n) is 9.11. The third kappa shape index (κ3) is 6.68. The first-order valence-corrected chi connectivity index (χ1v) is 10.5. The molecule has 0 bridgehead atoms. The van der Waals surface area contributed by atoms with E-state index in [0.29, 0.717) is 12.3 Å². The van der Waals surface area contributed by atoms with E-state index < -0.39 is 22.5 Å². The number of hydrazone groups is 1. The number of benzene rings is 2. The summed E-state index contributed by atoms with van der Waals surface area (Å²) in [6, 6.07) is 12.8. The van der Waals surface area contributed by atoms with E-state index in [1.807, 2.05) is 6.92 Å². The van der Waals surface area contributed by atoms with Crippen molar-refractivity contribution >= 4 is 33.7 Å². The number of hydrogen-bond acceptors (Lipinski definition) is 6. The Morgan fingerprint density at radius 2 is 1.73 bits per heavy atom. The lowest BCUT2D eigenvalue weighted by molar-refractivity contribution is -0.121. The van der Waals surface area contributed by atoms with Crippen molar-refractivity contribution in [2.45, 2.75) is 18.7 Å². The average Bonchev–Trinajstić information content (AvgIpc) is 2.69. The first kappa shape index (κ1) is 23.0. The summed E-state index contributed by atoms with van der Waals surface area (Å²) in [5.41, 5.74) is 3.53. The summed E-state index contributed by atoms with van der Waals surface area (Å²) in [4.78, 5) is 23.1. The van der Waals surface area contributed by atoms with Crippen molar-refractivity contribution in [2.24, 2.45) is 5.10 Å². The standard InChI is InChI=1S/C20H24N4O5S/c1-4-29-18-9-5-16(6-10-18)13-21-23-20(26)14-24(3)30(27,28)19-11-7-17(8-12-19)22-15(2)25/h5-13H,4,14H2,1-3H3,(H,22,25)(H,23,26)/b21-13+. The Balaban J connectivity index is 1.92. The molecule has 2 rings (SSSR count). The molecule has 0 aliphatic rings. The summed E-state index contributed by atoms with van der Waals surface area (Å²) in [6.07, 6.45) is 1.45. The first-order chi connectivity index (χ1) is 14.2. The van der Waals surface area contributed by atoms with Crippen molar-refractivity contribution in [2.75, 3.05) is 25.5 Å². The number of anilines is 1. The largest absolute Gasteiger partial charge is 0.494 e. The molecule has 2 aromatic carbocycles. The summed E-state index contributed by atoms with van der Waals surface area (Å²) < 4.78 is 31.4. The normalized spacial score (nSPS) is 11.5. The van der Waals surface area contributed by atoms with Crippen molar-refractivity contribution in [1.29, 1.82) is 0 Å². The Morgan fingerprint density at radius 3 is 2.30 bits per heavy atom. The van der Waals surface area contributed by atoms with Crippen LogP contribution < -0.4 is 15.5 Å². The van der Waals surface area contributed by atoms with Crippen molar-refractivity contribution < 1.29 is 22.7 Å². The SMILES string of the molecule is CCOc1ccc(/C=N/NC(=O)CN(C)S(=O)(=O)c2ccc(NC(C)=O)cc2)cc1. The molecule has 0 aliphatic carbocycles. The lowest BCUT2D eigenvalue weighted by Crippen LogP contribution is -2.36. The van der Waals surface area contributed by atoms with Crippen LogP contribution in [0.3, 0.4) is 0 Å². The minimum absolute atomic E-state index is 0.00444. The van der Waals surface area contributed by atoms with Crippen LogP contribution in [0.15, 0.2) is 58.5 Å². The van der Waals surface area contributed by atoms with E-state index in [0.717, 1.165) is 15.6 Å². The summed E-state index contributed by atoms with van der Waals surface area (Å²) in [5, 5.41) is 6.39. The van der Waals surface area contributed by atoms with Gasteiger partial charge in [0.05, 0.1) is 24.3 Å². The fourth-order valence-corrected chi connectivity index (χ4v) is 3.54. The number of likely N-dealkylation sites (N-methyl/N-ethyl adjacent to an activating group) is 1. The van der Waals surface area contributed by atoms with Gasteiger partial charge in [-0.25, -0.2) is 13.8 Å². The van der Waals surface area contributed by atoms with E-state index >= 15 is 0 Å². The molecule has 0 spiro atoms. The van der Waals surface area contributed by atoms with Crippen LogP contribution in [-0.4, -0.2) is 51.0 Å². The van der Waals surface area contributed by atoms with Crippen LogP contribution in [0.5, 0.6) is 5.75 Å². The molecule has 160 valence electrons. The molecule has 0 saturated heterocycles. The number of nitrogens with one attached hydrogen (secondary N) is 2. The molecule has 10 heteroatoms. The van der Waals surface area contributed by atoms with Gasteiger partial charge >= 0.3 is 0 Å². The number of amides is 2. The second-order valence-corrected chi connectivity index (χ2v) is 8.31. The van der Waals surface area contributed by atoms with Crippen LogP contribution in [-0.2, 0) is 19.6 Å². The number of sulfonamides is 1. The van der Waals surface area contributed by atoms with Crippen LogP contribution in [0.4, 0.5) is 5.69 Å². The van der Waals surface area contributed by atoms with E-state index in [4.69, 9.17) is 4.74 Å². The van der Waals surface area contributed by atoms with Crippen LogP contribution in [0.2, 0.25) is 0 Å². The van der Waals surface area contributed by atoms with Crippen molar-refractivity contribution in [3.8, 4) is 5.75 Å². The molecule has 0 saturated carbocycles. The van der Waals surface area contributed by atoms with Crippen LogP contribution >= 0.6 is 0 Å². The van der Waals surface area contributed by atoms with Crippen molar-refractivity contribution in [3.63, 3.8) is 0 Å². The predicted octanol–water partition coefficient (Wildman–Crippen LogP) is 1.81. The Hall–Kier alpha value is -3.24. The van der Waals surface area contributed by atoms with Crippen LogP contribution in [0.25, 0.3) is 0 Å². The maximum absolute atomic E-state index is 12.6. The van der Waals surface area contributed by atoms with Gasteiger partial charge in [-0.3, -0.25) is 9.59 Å². The van der Waals surface area contributed by atoms with Gasteiger partial charge in [-0.15, -0.1) is 0 Å². The monoisotopic (exact) mass is 432 g/mol. The third-order valence-corrected chi connectivity index (χ3v) is 5.66. The predicted molar refractivity (Wildman–Crippen MR) is 114 cm³/mol. The number of carbonyl (C=O) groups is 2. The van der Waals surface area contributed by atoms with Crippen molar-refractivity contribution in [1.82, 2.24) is 9.73 Å². The quantitative estimate of drug-likeness (QED) is 0.463. The van der Waals surface area contributed by atoms with Gasteiger partial charge in [-0.2, -0.15) is 9.41 Å². The number of nitrogens with zero attached hydrogens (tertiary/aromatic N) is 2. The topological polar surface area (TPSA) is 117 Å². The molecular formula is C20H24N4O5S.